The number of halogens is 2. The molecule has 0 spiro atoms. The molecule has 0 aliphatic carbocycles. The molecule has 1 aliphatic heterocycles. The van der Waals surface area contributed by atoms with Crippen molar-refractivity contribution in [3.63, 3.8) is 0 Å². The van der Waals surface area contributed by atoms with Gasteiger partial charge in [0.2, 0.25) is 0 Å². The molecule has 1 aromatic carbocycles. The normalized spacial score (nSPS) is 18.7. The fourth-order valence-electron chi connectivity index (χ4n) is 1.82. The fraction of sp³-hybridized carbons (Fsp3) is 0.333. The maximum Gasteiger partial charge on any atom is 0.327 e. The largest absolute Gasteiger partial charge is 0.480 e. The summed E-state index contributed by atoms with van der Waals surface area (Å²) in [7, 11) is 0. The molecule has 4 nitrogen and oxygen atoms in total. The Kier molecular flexibility index (Phi) is 3.75. The van der Waals surface area contributed by atoms with Crippen LogP contribution in [0.5, 0.6) is 0 Å². The fourth-order valence-corrected chi connectivity index (χ4v) is 2.97. The van der Waals surface area contributed by atoms with Crippen LogP contribution in [0, 0.1) is 18.6 Å². The summed E-state index contributed by atoms with van der Waals surface area (Å²) in [6.07, 6.45) is 0. The molecular weight excluding hydrogens is 276 g/mol. The van der Waals surface area contributed by atoms with E-state index in [2.05, 4.69) is 0 Å². The third-order valence-electron chi connectivity index (χ3n) is 2.91. The molecule has 1 saturated heterocycles. The van der Waals surface area contributed by atoms with Crippen molar-refractivity contribution >= 4 is 23.6 Å². The van der Waals surface area contributed by atoms with Crippen molar-refractivity contribution in [3.05, 3.63) is 34.9 Å². The Balaban J connectivity index is 2.34. The minimum atomic E-state index is -1.13. The summed E-state index contributed by atoms with van der Waals surface area (Å²) in [5.74, 6) is -3.11. The van der Waals surface area contributed by atoms with Gasteiger partial charge in [-0.1, -0.05) is 0 Å². The van der Waals surface area contributed by atoms with E-state index in [4.69, 9.17) is 5.11 Å². The highest BCUT2D eigenvalue weighted by Gasteiger charge is 2.36. The van der Waals surface area contributed by atoms with Gasteiger partial charge in [-0.2, -0.15) is 0 Å². The van der Waals surface area contributed by atoms with Crippen LogP contribution in [0.1, 0.15) is 15.9 Å². The van der Waals surface area contributed by atoms with Crippen LogP contribution in [0.3, 0.4) is 0 Å². The van der Waals surface area contributed by atoms with E-state index in [0.29, 0.717) is 6.07 Å². The summed E-state index contributed by atoms with van der Waals surface area (Å²) in [5.41, 5.74) is -0.156. The highest BCUT2D eigenvalue weighted by molar-refractivity contribution is 7.99. The standard InChI is InChI=1S/C12H11F2NO3S/c1-6-2-7(9(14)3-8(6)13)11(16)15-5-19-4-10(15)12(17)18/h2-3,10H,4-5H2,1H3,(H,17,18). The second-order valence-electron chi connectivity index (χ2n) is 4.21. The Hall–Kier alpha value is -1.63. The molecule has 0 radical (unpaired) electrons. The number of aryl methyl sites for hydroxylation is 1. The lowest BCUT2D eigenvalue weighted by Crippen LogP contribution is -2.42. The first kappa shape index (κ1) is 13.8. The summed E-state index contributed by atoms with van der Waals surface area (Å²) in [4.78, 5) is 24.2. The molecule has 7 heteroatoms. The molecule has 102 valence electrons. The van der Waals surface area contributed by atoms with Crippen LogP contribution >= 0.6 is 11.8 Å². The minimum Gasteiger partial charge on any atom is -0.480 e. The Morgan fingerprint density at radius 1 is 1.37 bits per heavy atom. The summed E-state index contributed by atoms with van der Waals surface area (Å²) < 4.78 is 26.8. The van der Waals surface area contributed by atoms with Crippen LogP contribution in [0.15, 0.2) is 12.1 Å². The van der Waals surface area contributed by atoms with Crippen molar-refractivity contribution in [2.24, 2.45) is 0 Å². The van der Waals surface area contributed by atoms with Crippen molar-refractivity contribution in [2.45, 2.75) is 13.0 Å². The monoisotopic (exact) mass is 287 g/mol. The predicted molar refractivity (Wildman–Crippen MR) is 66.0 cm³/mol. The van der Waals surface area contributed by atoms with Crippen molar-refractivity contribution in [2.75, 3.05) is 11.6 Å². The van der Waals surface area contributed by atoms with Gasteiger partial charge in [0.25, 0.3) is 5.91 Å². The molecule has 0 saturated carbocycles. The number of hydrogen-bond donors (Lipinski definition) is 1. The number of carboxylic acid groups (broad SMARTS) is 1. The molecule has 0 aromatic heterocycles. The minimum absolute atomic E-state index is 0.142. The number of thioether (sulfide) groups is 1. The number of rotatable bonds is 2. The van der Waals surface area contributed by atoms with Crippen LogP contribution in [0.4, 0.5) is 8.78 Å². The molecule has 1 aromatic rings. The number of carbonyl (C=O) groups excluding carboxylic acids is 1. The smallest absolute Gasteiger partial charge is 0.327 e. The van der Waals surface area contributed by atoms with Crippen molar-refractivity contribution in [1.29, 1.82) is 0 Å². The van der Waals surface area contributed by atoms with Crippen LogP contribution in [-0.2, 0) is 4.79 Å². The summed E-state index contributed by atoms with van der Waals surface area (Å²) >= 11 is 1.28. The first-order valence-corrected chi connectivity index (χ1v) is 6.64. The van der Waals surface area contributed by atoms with Gasteiger partial charge in [0.15, 0.2) is 0 Å². The van der Waals surface area contributed by atoms with Crippen molar-refractivity contribution in [1.82, 2.24) is 4.90 Å². The lowest BCUT2D eigenvalue weighted by Gasteiger charge is -2.21. The Morgan fingerprint density at radius 3 is 2.68 bits per heavy atom. The van der Waals surface area contributed by atoms with Gasteiger partial charge in [-0.05, 0) is 18.6 Å². The predicted octanol–water partition coefficient (Wildman–Crippen LogP) is 1.87. The van der Waals surface area contributed by atoms with Gasteiger partial charge < -0.3 is 10.0 Å². The lowest BCUT2D eigenvalue weighted by atomic mass is 10.1. The molecule has 0 bridgehead atoms. The second kappa shape index (κ2) is 5.16. The van der Waals surface area contributed by atoms with E-state index in [1.807, 2.05) is 0 Å². The Bertz CT molecular complexity index is 550. The zero-order chi connectivity index (χ0) is 14.2. The maximum absolute atomic E-state index is 13.6. The third-order valence-corrected chi connectivity index (χ3v) is 3.92. The van der Waals surface area contributed by atoms with Gasteiger partial charge in [0, 0.05) is 11.8 Å². The van der Waals surface area contributed by atoms with E-state index < -0.39 is 29.6 Å². The summed E-state index contributed by atoms with van der Waals surface area (Å²) in [6, 6.07) is 0.776. The van der Waals surface area contributed by atoms with Gasteiger partial charge in [0.1, 0.15) is 17.7 Å². The highest BCUT2D eigenvalue weighted by atomic mass is 32.2. The van der Waals surface area contributed by atoms with Gasteiger partial charge in [0.05, 0.1) is 11.4 Å². The third kappa shape index (κ3) is 2.56. The van der Waals surface area contributed by atoms with E-state index in [0.717, 1.165) is 11.0 Å². The van der Waals surface area contributed by atoms with E-state index in [9.17, 15) is 18.4 Å². The van der Waals surface area contributed by atoms with Gasteiger partial charge in [-0.3, -0.25) is 4.79 Å². The van der Waals surface area contributed by atoms with Crippen LogP contribution in [0.2, 0.25) is 0 Å². The number of aliphatic carboxylic acids is 1. The molecule has 1 atom stereocenters. The topological polar surface area (TPSA) is 57.6 Å². The second-order valence-corrected chi connectivity index (χ2v) is 5.21. The SMILES string of the molecule is Cc1cc(C(=O)N2CSCC2C(=O)O)c(F)cc1F. The van der Waals surface area contributed by atoms with Crippen molar-refractivity contribution in [3.8, 4) is 0 Å². The number of hydrogen-bond acceptors (Lipinski definition) is 3. The number of carboxylic acids is 1. The molecular formula is C12H11F2NO3S. The maximum atomic E-state index is 13.6. The first-order valence-electron chi connectivity index (χ1n) is 5.49. The Morgan fingerprint density at radius 2 is 2.05 bits per heavy atom. The van der Waals surface area contributed by atoms with Gasteiger partial charge in [-0.15, -0.1) is 11.8 Å². The first-order chi connectivity index (χ1) is 8.91. The quantitative estimate of drug-likeness (QED) is 0.902. The van der Waals surface area contributed by atoms with Crippen LogP contribution in [0.25, 0.3) is 0 Å². The number of nitrogens with zero attached hydrogens (tertiary/aromatic N) is 1. The number of amides is 1. The van der Waals surface area contributed by atoms with Crippen LogP contribution in [-0.4, -0.2) is 39.6 Å². The van der Waals surface area contributed by atoms with E-state index in [-0.39, 0.29) is 22.8 Å². The summed E-state index contributed by atoms with van der Waals surface area (Å²) in [6.45, 7) is 1.42. The van der Waals surface area contributed by atoms with E-state index >= 15 is 0 Å². The highest BCUT2D eigenvalue weighted by Crippen LogP contribution is 2.25. The zero-order valence-corrected chi connectivity index (χ0v) is 10.8. The average Bonchev–Trinajstić information content (AvgIpc) is 2.82. The van der Waals surface area contributed by atoms with Gasteiger partial charge in [-0.25, -0.2) is 13.6 Å². The van der Waals surface area contributed by atoms with E-state index in [1.54, 1.807) is 0 Å². The molecule has 1 heterocycles. The molecule has 1 N–H and O–H groups in total. The summed E-state index contributed by atoms with van der Waals surface area (Å²) in [5, 5.41) is 8.99. The number of carbonyl (C=O) groups is 2. The number of benzene rings is 1. The van der Waals surface area contributed by atoms with Crippen LogP contribution < -0.4 is 0 Å². The zero-order valence-electron chi connectivity index (χ0n) is 10.0. The van der Waals surface area contributed by atoms with Crippen molar-refractivity contribution < 1.29 is 23.5 Å². The van der Waals surface area contributed by atoms with Gasteiger partial charge >= 0.3 is 5.97 Å². The average molecular weight is 287 g/mol. The lowest BCUT2D eigenvalue weighted by molar-refractivity contribution is -0.140. The molecule has 1 aliphatic rings. The molecule has 19 heavy (non-hydrogen) atoms. The molecule has 1 unspecified atom stereocenters. The molecule has 1 amide bonds. The van der Waals surface area contributed by atoms with E-state index in [1.165, 1.54) is 18.7 Å². The Labute approximate surface area is 112 Å². The molecule has 1 fully saturated rings. The molecule has 2 rings (SSSR count).